The fourth-order valence-electron chi connectivity index (χ4n) is 3.66. The van der Waals surface area contributed by atoms with Gasteiger partial charge in [0.1, 0.15) is 0 Å². The van der Waals surface area contributed by atoms with Gasteiger partial charge in [0, 0.05) is 18.5 Å². The lowest BCUT2D eigenvalue weighted by Gasteiger charge is -2.23. The number of urea groups is 1. The van der Waals surface area contributed by atoms with E-state index in [4.69, 9.17) is 0 Å². The molecule has 150 valence electrons. The van der Waals surface area contributed by atoms with Crippen molar-refractivity contribution in [3.8, 4) is 0 Å². The van der Waals surface area contributed by atoms with Gasteiger partial charge < -0.3 is 15.5 Å². The molecule has 4 nitrogen and oxygen atoms in total. The van der Waals surface area contributed by atoms with Gasteiger partial charge in [0.25, 0.3) is 0 Å². The standard InChI is InChI=1S/C22H20F3N3O/c23-22(24,25)16-10-11-20(28-12-3-4-13-28)19(14-16)27-21(29)26-18-9-5-7-15-6-1-2-8-17(15)18/h1-2,5-11,14H,3-4,12-13H2,(H2,26,27,29). The molecule has 1 heterocycles. The Balaban J connectivity index is 1.62. The molecule has 0 bridgehead atoms. The van der Waals surface area contributed by atoms with Gasteiger partial charge in [-0.1, -0.05) is 36.4 Å². The number of halogens is 3. The smallest absolute Gasteiger partial charge is 0.370 e. The van der Waals surface area contributed by atoms with Gasteiger partial charge in [0.2, 0.25) is 0 Å². The number of benzene rings is 3. The summed E-state index contributed by atoms with van der Waals surface area (Å²) in [6.45, 7) is 1.51. The second kappa shape index (κ2) is 7.66. The average molecular weight is 399 g/mol. The number of rotatable bonds is 3. The van der Waals surface area contributed by atoms with Crippen molar-refractivity contribution < 1.29 is 18.0 Å². The fraction of sp³-hybridized carbons (Fsp3) is 0.227. The summed E-state index contributed by atoms with van der Waals surface area (Å²) in [5, 5.41) is 7.20. The van der Waals surface area contributed by atoms with Gasteiger partial charge >= 0.3 is 12.2 Å². The summed E-state index contributed by atoms with van der Waals surface area (Å²) < 4.78 is 39.6. The summed E-state index contributed by atoms with van der Waals surface area (Å²) in [5.74, 6) is 0. The van der Waals surface area contributed by atoms with Crippen LogP contribution >= 0.6 is 0 Å². The van der Waals surface area contributed by atoms with Crippen LogP contribution in [0.2, 0.25) is 0 Å². The van der Waals surface area contributed by atoms with E-state index in [1.54, 1.807) is 6.07 Å². The summed E-state index contributed by atoms with van der Waals surface area (Å²) in [5.41, 5.74) is 0.555. The maximum absolute atomic E-state index is 13.2. The first-order valence-electron chi connectivity index (χ1n) is 9.44. The number of alkyl halides is 3. The molecule has 4 rings (SSSR count). The molecular formula is C22H20F3N3O. The first-order chi connectivity index (χ1) is 13.9. The van der Waals surface area contributed by atoms with Crippen molar-refractivity contribution in [2.75, 3.05) is 28.6 Å². The lowest BCUT2D eigenvalue weighted by molar-refractivity contribution is -0.137. The largest absolute Gasteiger partial charge is 0.416 e. The van der Waals surface area contributed by atoms with Crippen molar-refractivity contribution in [2.45, 2.75) is 19.0 Å². The minimum atomic E-state index is -4.48. The van der Waals surface area contributed by atoms with E-state index in [0.29, 0.717) is 11.4 Å². The quantitative estimate of drug-likeness (QED) is 0.559. The Labute approximate surface area is 166 Å². The van der Waals surface area contributed by atoms with E-state index >= 15 is 0 Å². The van der Waals surface area contributed by atoms with Crippen molar-refractivity contribution in [1.29, 1.82) is 0 Å². The average Bonchev–Trinajstić information content (AvgIpc) is 3.22. The lowest BCUT2D eigenvalue weighted by atomic mass is 10.1. The maximum atomic E-state index is 13.2. The van der Waals surface area contributed by atoms with E-state index < -0.39 is 17.8 Å². The second-order valence-electron chi connectivity index (χ2n) is 7.03. The number of amides is 2. The molecule has 7 heteroatoms. The lowest BCUT2D eigenvalue weighted by Crippen LogP contribution is -2.24. The molecule has 1 saturated heterocycles. The molecule has 3 aromatic rings. The third kappa shape index (κ3) is 4.13. The third-order valence-corrected chi connectivity index (χ3v) is 5.06. The van der Waals surface area contributed by atoms with E-state index in [9.17, 15) is 18.0 Å². The number of anilines is 3. The molecule has 0 aliphatic carbocycles. The van der Waals surface area contributed by atoms with Gasteiger partial charge in [-0.05, 0) is 42.5 Å². The maximum Gasteiger partial charge on any atom is 0.416 e. The number of hydrogen-bond donors (Lipinski definition) is 2. The van der Waals surface area contributed by atoms with E-state index in [0.717, 1.165) is 48.8 Å². The molecule has 2 N–H and O–H groups in total. The van der Waals surface area contributed by atoms with Crippen molar-refractivity contribution in [3.05, 3.63) is 66.2 Å². The van der Waals surface area contributed by atoms with Gasteiger partial charge in [-0.15, -0.1) is 0 Å². The van der Waals surface area contributed by atoms with Crippen molar-refractivity contribution in [1.82, 2.24) is 0 Å². The predicted molar refractivity (Wildman–Crippen MR) is 109 cm³/mol. The zero-order valence-electron chi connectivity index (χ0n) is 15.6. The molecule has 0 radical (unpaired) electrons. The third-order valence-electron chi connectivity index (χ3n) is 5.06. The van der Waals surface area contributed by atoms with E-state index in [1.165, 1.54) is 6.07 Å². The Morgan fingerprint density at radius 2 is 1.55 bits per heavy atom. The van der Waals surface area contributed by atoms with Crippen molar-refractivity contribution in [2.24, 2.45) is 0 Å². The van der Waals surface area contributed by atoms with Crippen LogP contribution in [0.5, 0.6) is 0 Å². The predicted octanol–water partition coefficient (Wildman–Crippen LogP) is 6.10. The number of carbonyl (C=O) groups excluding carboxylic acids is 1. The van der Waals surface area contributed by atoms with Crippen LogP contribution in [-0.2, 0) is 6.18 Å². The first kappa shape index (κ1) is 19.1. The van der Waals surface area contributed by atoms with Gasteiger partial charge in [0.05, 0.1) is 22.6 Å². The van der Waals surface area contributed by atoms with Crippen LogP contribution in [-0.4, -0.2) is 19.1 Å². The zero-order valence-corrected chi connectivity index (χ0v) is 15.6. The normalized spacial score (nSPS) is 14.2. The minimum Gasteiger partial charge on any atom is -0.370 e. The van der Waals surface area contributed by atoms with Crippen LogP contribution < -0.4 is 15.5 Å². The molecule has 3 aromatic carbocycles. The summed E-state index contributed by atoms with van der Waals surface area (Å²) in [7, 11) is 0. The Hall–Kier alpha value is -3.22. The highest BCUT2D eigenvalue weighted by atomic mass is 19.4. The molecule has 1 aliphatic heterocycles. The molecule has 29 heavy (non-hydrogen) atoms. The molecular weight excluding hydrogens is 379 g/mol. The number of fused-ring (bicyclic) bond motifs is 1. The van der Waals surface area contributed by atoms with Crippen LogP contribution in [0.3, 0.4) is 0 Å². The Morgan fingerprint density at radius 1 is 0.862 bits per heavy atom. The summed E-state index contributed by atoms with van der Waals surface area (Å²) in [6, 6.07) is 16.0. The molecule has 1 fully saturated rings. The van der Waals surface area contributed by atoms with Gasteiger partial charge in [-0.2, -0.15) is 13.2 Å². The molecule has 0 spiro atoms. The summed E-state index contributed by atoms with van der Waals surface area (Å²) >= 11 is 0. The first-order valence-corrected chi connectivity index (χ1v) is 9.44. The molecule has 0 atom stereocenters. The van der Waals surface area contributed by atoms with Crippen molar-refractivity contribution in [3.63, 3.8) is 0 Å². The SMILES string of the molecule is O=C(Nc1cc(C(F)(F)F)ccc1N1CCCC1)Nc1cccc2ccccc12. The number of carbonyl (C=O) groups is 1. The van der Waals surface area contributed by atoms with Gasteiger partial charge in [-0.3, -0.25) is 0 Å². The topological polar surface area (TPSA) is 44.4 Å². The Morgan fingerprint density at radius 3 is 2.31 bits per heavy atom. The number of nitrogens with zero attached hydrogens (tertiary/aromatic N) is 1. The number of nitrogens with one attached hydrogen (secondary N) is 2. The summed E-state index contributed by atoms with van der Waals surface area (Å²) in [6.07, 6.45) is -2.53. The van der Waals surface area contributed by atoms with Crippen molar-refractivity contribution >= 4 is 33.9 Å². The number of hydrogen-bond acceptors (Lipinski definition) is 2. The van der Waals surface area contributed by atoms with Crippen LogP contribution in [0, 0.1) is 0 Å². The van der Waals surface area contributed by atoms with Crippen LogP contribution in [0.15, 0.2) is 60.7 Å². The molecule has 0 saturated carbocycles. The molecule has 1 aliphatic rings. The fourth-order valence-corrected chi connectivity index (χ4v) is 3.66. The van der Waals surface area contributed by atoms with E-state index in [-0.39, 0.29) is 5.69 Å². The molecule has 0 aromatic heterocycles. The molecule has 0 unspecified atom stereocenters. The Bertz CT molecular complexity index is 1040. The van der Waals surface area contributed by atoms with Gasteiger partial charge in [0.15, 0.2) is 0 Å². The monoisotopic (exact) mass is 399 g/mol. The summed E-state index contributed by atoms with van der Waals surface area (Å²) in [4.78, 5) is 14.6. The minimum absolute atomic E-state index is 0.152. The van der Waals surface area contributed by atoms with Crippen LogP contribution in [0.4, 0.5) is 35.0 Å². The highest BCUT2D eigenvalue weighted by molar-refractivity contribution is 6.07. The zero-order chi connectivity index (χ0) is 20.4. The van der Waals surface area contributed by atoms with E-state index in [2.05, 4.69) is 10.6 Å². The second-order valence-corrected chi connectivity index (χ2v) is 7.03. The highest BCUT2D eigenvalue weighted by Crippen LogP contribution is 2.36. The Kier molecular flexibility index (Phi) is 5.05. The van der Waals surface area contributed by atoms with E-state index in [1.807, 2.05) is 41.3 Å². The van der Waals surface area contributed by atoms with Crippen LogP contribution in [0.25, 0.3) is 10.8 Å². The van der Waals surface area contributed by atoms with Crippen LogP contribution in [0.1, 0.15) is 18.4 Å². The molecule has 2 amide bonds. The highest BCUT2D eigenvalue weighted by Gasteiger charge is 2.32. The van der Waals surface area contributed by atoms with Gasteiger partial charge in [-0.25, -0.2) is 4.79 Å².